The molecule has 0 saturated heterocycles. The van der Waals surface area contributed by atoms with Crippen LogP contribution >= 0.6 is 0 Å². The molecule has 30 heavy (non-hydrogen) atoms. The van der Waals surface area contributed by atoms with Gasteiger partial charge in [-0.3, -0.25) is 0 Å². The summed E-state index contributed by atoms with van der Waals surface area (Å²) in [5.74, 6) is 0.288. The highest BCUT2D eigenvalue weighted by molar-refractivity contribution is 5.91. The molecular formula is C24H23FN2O3. The minimum absolute atomic E-state index is 0.187. The lowest BCUT2D eigenvalue weighted by Crippen LogP contribution is -2.31. The van der Waals surface area contributed by atoms with Gasteiger partial charge in [-0.15, -0.1) is 0 Å². The van der Waals surface area contributed by atoms with Crippen LogP contribution in [0.15, 0.2) is 71.3 Å². The zero-order chi connectivity index (χ0) is 20.9. The van der Waals surface area contributed by atoms with E-state index < -0.39 is 6.10 Å². The van der Waals surface area contributed by atoms with Gasteiger partial charge in [0.15, 0.2) is 5.58 Å². The predicted molar refractivity (Wildman–Crippen MR) is 114 cm³/mol. The number of fused-ring (bicyclic) bond motifs is 1. The van der Waals surface area contributed by atoms with Gasteiger partial charge in [0, 0.05) is 30.1 Å². The van der Waals surface area contributed by atoms with E-state index in [9.17, 15) is 9.50 Å². The van der Waals surface area contributed by atoms with E-state index in [1.165, 1.54) is 23.3 Å². The molecule has 0 aliphatic rings. The van der Waals surface area contributed by atoms with E-state index in [1.54, 1.807) is 6.07 Å². The molecule has 0 aliphatic heterocycles. The molecule has 4 aromatic rings. The van der Waals surface area contributed by atoms with Crippen molar-refractivity contribution in [1.82, 2.24) is 10.5 Å². The summed E-state index contributed by atoms with van der Waals surface area (Å²) in [6.45, 7) is 3.38. The molecule has 0 bridgehead atoms. The van der Waals surface area contributed by atoms with Crippen molar-refractivity contribution in [2.24, 2.45) is 0 Å². The highest BCUT2D eigenvalue weighted by Crippen LogP contribution is 2.29. The van der Waals surface area contributed by atoms with E-state index in [-0.39, 0.29) is 12.4 Å². The molecule has 0 saturated carbocycles. The Morgan fingerprint density at radius 2 is 1.83 bits per heavy atom. The molecule has 1 atom stereocenters. The molecule has 0 amide bonds. The largest absolute Gasteiger partial charge is 0.491 e. The Balaban J connectivity index is 1.28. The Morgan fingerprint density at radius 3 is 2.60 bits per heavy atom. The third-order valence-electron chi connectivity index (χ3n) is 4.83. The molecule has 2 N–H and O–H groups in total. The molecule has 0 spiro atoms. The van der Waals surface area contributed by atoms with E-state index >= 15 is 0 Å². The third-order valence-corrected chi connectivity index (χ3v) is 4.83. The molecule has 0 aliphatic carbocycles. The molecule has 0 radical (unpaired) electrons. The summed E-state index contributed by atoms with van der Waals surface area (Å²) in [5, 5.41) is 18.2. The van der Waals surface area contributed by atoms with Crippen molar-refractivity contribution in [2.45, 2.75) is 19.6 Å². The molecule has 154 valence electrons. The van der Waals surface area contributed by atoms with Gasteiger partial charge in [-0.2, -0.15) is 0 Å². The SMILES string of the molecule is Cc1ccc(CNC[C@H](O)COc2ccc(-c3noc4cc(F)ccc34)cc2)cc1. The van der Waals surface area contributed by atoms with Crippen LogP contribution in [0.4, 0.5) is 4.39 Å². The van der Waals surface area contributed by atoms with E-state index in [2.05, 4.69) is 41.7 Å². The number of rotatable bonds is 8. The Bertz CT molecular complexity index is 1110. The number of aryl methyl sites for hydroxylation is 1. The molecule has 3 aromatic carbocycles. The van der Waals surface area contributed by atoms with Crippen molar-refractivity contribution in [3.63, 3.8) is 0 Å². The topological polar surface area (TPSA) is 67.5 Å². The average Bonchev–Trinajstić information content (AvgIpc) is 3.17. The maximum atomic E-state index is 13.3. The second-order valence-electron chi connectivity index (χ2n) is 7.28. The normalized spacial score (nSPS) is 12.2. The quantitative estimate of drug-likeness (QED) is 0.452. The second kappa shape index (κ2) is 9.07. The Labute approximate surface area is 174 Å². The second-order valence-corrected chi connectivity index (χ2v) is 7.28. The number of hydrogen-bond acceptors (Lipinski definition) is 5. The first-order valence-corrected chi connectivity index (χ1v) is 9.81. The van der Waals surface area contributed by atoms with Crippen LogP contribution in [0.5, 0.6) is 5.75 Å². The summed E-state index contributed by atoms with van der Waals surface area (Å²) in [6.07, 6.45) is -0.621. The number of nitrogens with zero attached hydrogens (tertiary/aromatic N) is 1. The van der Waals surface area contributed by atoms with Crippen LogP contribution in [0.3, 0.4) is 0 Å². The van der Waals surface area contributed by atoms with Gasteiger partial charge in [0.2, 0.25) is 0 Å². The van der Waals surface area contributed by atoms with E-state index in [4.69, 9.17) is 9.26 Å². The number of hydrogen-bond donors (Lipinski definition) is 2. The molecule has 1 aromatic heterocycles. The highest BCUT2D eigenvalue weighted by Gasteiger charge is 2.11. The van der Waals surface area contributed by atoms with Crippen LogP contribution in [0.1, 0.15) is 11.1 Å². The average molecular weight is 406 g/mol. The van der Waals surface area contributed by atoms with Crippen LogP contribution in [-0.2, 0) is 6.54 Å². The van der Waals surface area contributed by atoms with Crippen molar-refractivity contribution in [3.05, 3.63) is 83.7 Å². The number of halogens is 1. The fourth-order valence-electron chi connectivity index (χ4n) is 3.17. The van der Waals surface area contributed by atoms with Gasteiger partial charge < -0.3 is 19.7 Å². The highest BCUT2D eigenvalue weighted by atomic mass is 19.1. The number of aromatic nitrogens is 1. The summed E-state index contributed by atoms with van der Waals surface area (Å²) in [7, 11) is 0. The van der Waals surface area contributed by atoms with Crippen LogP contribution in [0.25, 0.3) is 22.2 Å². The number of nitrogens with one attached hydrogen (secondary N) is 1. The Hall–Kier alpha value is -3.22. The zero-order valence-corrected chi connectivity index (χ0v) is 16.6. The lowest BCUT2D eigenvalue weighted by Gasteiger charge is -2.13. The van der Waals surface area contributed by atoms with E-state index in [1.807, 2.05) is 24.3 Å². The molecule has 5 nitrogen and oxygen atoms in total. The van der Waals surface area contributed by atoms with Gasteiger partial charge >= 0.3 is 0 Å². The van der Waals surface area contributed by atoms with Crippen LogP contribution in [-0.4, -0.2) is 29.5 Å². The van der Waals surface area contributed by atoms with Gasteiger partial charge in [-0.25, -0.2) is 4.39 Å². The van der Waals surface area contributed by atoms with E-state index in [0.717, 1.165) is 10.9 Å². The van der Waals surface area contributed by atoms with Gasteiger partial charge in [0.05, 0.1) is 0 Å². The van der Waals surface area contributed by atoms with Crippen molar-refractivity contribution >= 4 is 11.0 Å². The molecule has 6 heteroatoms. The number of benzene rings is 3. The maximum absolute atomic E-state index is 13.3. The molecule has 4 rings (SSSR count). The Kier molecular flexibility index (Phi) is 6.07. The lowest BCUT2D eigenvalue weighted by atomic mass is 10.1. The molecule has 1 heterocycles. The fourth-order valence-corrected chi connectivity index (χ4v) is 3.17. The van der Waals surface area contributed by atoms with Crippen molar-refractivity contribution in [1.29, 1.82) is 0 Å². The van der Waals surface area contributed by atoms with Crippen LogP contribution in [0, 0.1) is 12.7 Å². The van der Waals surface area contributed by atoms with Crippen molar-refractivity contribution in [3.8, 4) is 17.0 Å². The first-order valence-electron chi connectivity index (χ1n) is 9.81. The molecule has 0 unspecified atom stereocenters. The van der Waals surface area contributed by atoms with Gasteiger partial charge in [-0.05, 0) is 48.9 Å². The zero-order valence-electron chi connectivity index (χ0n) is 16.6. The first-order chi connectivity index (χ1) is 14.6. The monoisotopic (exact) mass is 406 g/mol. The molecule has 0 fully saturated rings. The number of ether oxygens (including phenoxy) is 1. The minimum atomic E-state index is -0.621. The maximum Gasteiger partial charge on any atom is 0.170 e. The van der Waals surface area contributed by atoms with Crippen LogP contribution < -0.4 is 10.1 Å². The van der Waals surface area contributed by atoms with Gasteiger partial charge in [0.1, 0.15) is 30.0 Å². The first kappa shape index (κ1) is 20.1. The lowest BCUT2D eigenvalue weighted by molar-refractivity contribution is 0.106. The predicted octanol–water partition coefficient (Wildman–Crippen LogP) is 4.47. The third kappa shape index (κ3) is 4.84. The smallest absolute Gasteiger partial charge is 0.170 e. The fraction of sp³-hybridized carbons (Fsp3) is 0.208. The van der Waals surface area contributed by atoms with Crippen LogP contribution in [0.2, 0.25) is 0 Å². The summed E-state index contributed by atoms with van der Waals surface area (Å²) in [5.41, 5.74) is 4.30. The summed E-state index contributed by atoms with van der Waals surface area (Å²) in [4.78, 5) is 0. The number of aliphatic hydroxyl groups is 1. The summed E-state index contributed by atoms with van der Waals surface area (Å²) in [6, 6.07) is 20.0. The minimum Gasteiger partial charge on any atom is -0.491 e. The van der Waals surface area contributed by atoms with Gasteiger partial charge in [0.25, 0.3) is 0 Å². The summed E-state index contributed by atoms with van der Waals surface area (Å²) < 4.78 is 24.2. The van der Waals surface area contributed by atoms with Gasteiger partial charge in [-0.1, -0.05) is 35.0 Å². The standard InChI is InChI=1S/C24H23FN2O3/c1-16-2-4-17(5-3-16)13-26-14-20(28)15-29-21-9-6-18(7-10-21)24-22-11-8-19(25)12-23(22)30-27-24/h2-12,20,26,28H,13-15H2,1H3/t20-/m0/s1. The number of aliphatic hydroxyl groups excluding tert-OH is 1. The summed E-state index contributed by atoms with van der Waals surface area (Å²) >= 11 is 0. The van der Waals surface area contributed by atoms with Crippen molar-refractivity contribution < 1.29 is 18.8 Å². The van der Waals surface area contributed by atoms with Crippen molar-refractivity contribution in [2.75, 3.05) is 13.2 Å². The Morgan fingerprint density at radius 1 is 1.07 bits per heavy atom. The van der Waals surface area contributed by atoms with E-state index in [0.29, 0.717) is 30.1 Å². The molecular weight excluding hydrogens is 383 g/mol.